The Hall–Kier alpha value is -0.490. The first kappa shape index (κ1) is 12.6. The van der Waals surface area contributed by atoms with Crippen molar-refractivity contribution in [3.05, 3.63) is 10.7 Å². The lowest BCUT2D eigenvalue weighted by atomic mass is 10.2. The lowest BCUT2D eigenvalue weighted by molar-refractivity contribution is 0.746. The summed E-state index contributed by atoms with van der Waals surface area (Å²) < 4.78 is 0.847. The molecule has 1 heterocycles. The summed E-state index contributed by atoms with van der Waals surface area (Å²) in [5.74, 6) is 1.02. The Morgan fingerprint density at radius 2 is 2.20 bits per heavy atom. The topological polar surface area (TPSA) is 63.8 Å². The first-order valence-corrected chi connectivity index (χ1v) is 6.54. The quantitative estimate of drug-likeness (QED) is 0.834. The molecule has 84 valence electrons. The maximum atomic E-state index is 5.60. The van der Waals surface area contributed by atoms with Gasteiger partial charge >= 0.3 is 0 Å². The summed E-state index contributed by atoms with van der Waals surface area (Å²) in [6.07, 6.45) is 2.08. The van der Waals surface area contributed by atoms with E-state index in [2.05, 4.69) is 51.3 Å². The number of anilines is 2. The number of nitrogen functional groups attached to an aromatic ring is 1. The van der Waals surface area contributed by atoms with Crippen LogP contribution >= 0.6 is 27.7 Å². The molecule has 0 radical (unpaired) electrons. The number of thioether (sulfide) groups is 1. The van der Waals surface area contributed by atoms with Gasteiger partial charge in [0.2, 0.25) is 5.95 Å². The smallest absolute Gasteiger partial charge is 0.225 e. The maximum absolute atomic E-state index is 5.60. The molecule has 15 heavy (non-hydrogen) atoms. The average Bonchev–Trinajstić information content (AvgIpc) is 2.14. The average molecular weight is 291 g/mol. The molecule has 1 rings (SSSR count). The van der Waals surface area contributed by atoms with Crippen LogP contribution in [0.2, 0.25) is 0 Å². The van der Waals surface area contributed by atoms with Crippen molar-refractivity contribution in [1.29, 1.82) is 0 Å². The van der Waals surface area contributed by atoms with Crippen LogP contribution in [0.15, 0.2) is 10.7 Å². The fourth-order valence-electron chi connectivity index (χ4n) is 0.878. The van der Waals surface area contributed by atoms with Crippen LogP contribution in [-0.4, -0.2) is 27.5 Å². The van der Waals surface area contributed by atoms with Crippen molar-refractivity contribution in [2.45, 2.75) is 18.6 Å². The van der Waals surface area contributed by atoms with Gasteiger partial charge in [0.25, 0.3) is 0 Å². The first-order chi connectivity index (χ1) is 6.93. The molecule has 0 amide bonds. The molecule has 0 aliphatic rings. The highest BCUT2D eigenvalue weighted by Gasteiger charge is 2.16. The van der Waals surface area contributed by atoms with Crippen LogP contribution in [0.4, 0.5) is 11.8 Å². The second kappa shape index (κ2) is 5.03. The lowest BCUT2D eigenvalue weighted by Crippen LogP contribution is -2.26. The van der Waals surface area contributed by atoms with Gasteiger partial charge in [-0.25, -0.2) is 4.98 Å². The van der Waals surface area contributed by atoms with Crippen molar-refractivity contribution in [3.8, 4) is 0 Å². The fraction of sp³-hybridized carbons (Fsp3) is 0.556. The monoisotopic (exact) mass is 290 g/mol. The van der Waals surface area contributed by atoms with Crippen LogP contribution in [0.1, 0.15) is 13.8 Å². The van der Waals surface area contributed by atoms with E-state index in [0.29, 0.717) is 16.4 Å². The van der Waals surface area contributed by atoms with E-state index in [-0.39, 0.29) is 4.75 Å². The predicted molar refractivity (Wildman–Crippen MR) is 70.2 cm³/mol. The van der Waals surface area contributed by atoms with Gasteiger partial charge in [-0.3, -0.25) is 0 Å². The van der Waals surface area contributed by atoms with E-state index in [4.69, 9.17) is 5.73 Å². The molecule has 0 saturated carbocycles. The highest BCUT2D eigenvalue weighted by Crippen LogP contribution is 2.21. The van der Waals surface area contributed by atoms with Crippen LogP contribution in [-0.2, 0) is 0 Å². The molecular weight excluding hydrogens is 276 g/mol. The summed E-state index contributed by atoms with van der Waals surface area (Å²) in [7, 11) is 0. The van der Waals surface area contributed by atoms with E-state index < -0.39 is 0 Å². The van der Waals surface area contributed by atoms with Crippen molar-refractivity contribution in [1.82, 2.24) is 9.97 Å². The fourth-order valence-corrected chi connectivity index (χ4v) is 1.50. The van der Waals surface area contributed by atoms with E-state index in [1.807, 2.05) is 0 Å². The lowest BCUT2D eigenvalue weighted by Gasteiger charge is -2.22. The molecule has 1 aromatic heterocycles. The summed E-state index contributed by atoms with van der Waals surface area (Å²) in [5, 5.41) is 3.16. The number of hydrogen-bond acceptors (Lipinski definition) is 5. The minimum Gasteiger partial charge on any atom is -0.383 e. The molecular formula is C9H15BrN4S. The Morgan fingerprint density at radius 1 is 1.53 bits per heavy atom. The number of rotatable bonds is 4. The number of halogens is 1. The largest absolute Gasteiger partial charge is 0.383 e. The Morgan fingerprint density at radius 3 is 2.73 bits per heavy atom. The molecule has 0 unspecified atom stereocenters. The van der Waals surface area contributed by atoms with Gasteiger partial charge in [-0.1, -0.05) is 0 Å². The van der Waals surface area contributed by atoms with Crippen LogP contribution < -0.4 is 11.1 Å². The van der Waals surface area contributed by atoms with Gasteiger partial charge in [0.05, 0.1) is 0 Å². The van der Waals surface area contributed by atoms with E-state index in [1.165, 1.54) is 0 Å². The summed E-state index contributed by atoms with van der Waals surface area (Å²) in [5.41, 5.74) is 5.60. The predicted octanol–water partition coefficient (Wildman–Crippen LogP) is 2.37. The van der Waals surface area contributed by atoms with Crippen LogP contribution in [0.5, 0.6) is 0 Å². The highest BCUT2D eigenvalue weighted by atomic mass is 79.9. The summed E-state index contributed by atoms with van der Waals surface area (Å²) >= 11 is 5.07. The van der Waals surface area contributed by atoms with E-state index in [9.17, 15) is 0 Å². The minimum atomic E-state index is 0.153. The summed E-state index contributed by atoms with van der Waals surface area (Å²) in [6, 6.07) is 1.67. The van der Waals surface area contributed by atoms with Crippen molar-refractivity contribution in [3.63, 3.8) is 0 Å². The Bertz CT molecular complexity index is 323. The third-order valence-electron chi connectivity index (χ3n) is 1.94. The number of nitrogens with one attached hydrogen (secondary N) is 1. The van der Waals surface area contributed by atoms with Crippen LogP contribution in [0.3, 0.4) is 0 Å². The third-order valence-corrected chi connectivity index (χ3v) is 3.60. The molecule has 0 fully saturated rings. The second-order valence-corrected chi connectivity index (χ2v) is 6.08. The first-order valence-electron chi connectivity index (χ1n) is 4.52. The summed E-state index contributed by atoms with van der Waals surface area (Å²) in [4.78, 5) is 8.26. The highest BCUT2D eigenvalue weighted by molar-refractivity contribution is 9.10. The van der Waals surface area contributed by atoms with Gasteiger partial charge < -0.3 is 11.1 Å². The number of aromatic nitrogens is 2. The number of hydrogen-bond donors (Lipinski definition) is 2. The second-order valence-electron chi connectivity index (χ2n) is 3.76. The normalized spacial score (nSPS) is 11.5. The van der Waals surface area contributed by atoms with E-state index in [1.54, 1.807) is 17.8 Å². The standard InChI is InChI=1S/C9H15BrN4S/c1-9(2,15-3)5-12-8-13-6(10)4-7(11)14-8/h4H,5H2,1-3H3,(H3,11,12,13,14). The molecule has 3 N–H and O–H groups in total. The van der Waals surface area contributed by atoms with Crippen molar-refractivity contribution < 1.29 is 0 Å². The summed E-state index contributed by atoms with van der Waals surface area (Å²) in [6.45, 7) is 5.11. The SMILES string of the molecule is CSC(C)(C)CNc1nc(N)cc(Br)n1. The van der Waals surface area contributed by atoms with E-state index >= 15 is 0 Å². The molecule has 0 bridgehead atoms. The zero-order valence-corrected chi connectivity index (χ0v) is 11.4. The minimum absolute atomic E-state index is 0.153. The Labute approximate surface area is 103 Å². The molecule has 6 heteroatoms. The van der Waals surface area contributed by atoms with Gasteiger partial charge in [-0.2, -0.15) is 16.7 Å². The maximum Gasteiger partial charge on any atom is 0.225 e. The van der Waals surface area contributed by atoms with Crippen molar-refractivity contribution in [2.75, 3.05) is 23.9 Å². The molecule has 0 spiro atoms. The number of nitrogens with two attached hydrogens (primary N) is 1. The zero-order valence-electron chi connectivity index (χ0n) is 9.04. The van der Waals surface area contributed by atoms with Crippen molar-refractivity contribution in [2.24, 2.45) is 0 Å². The Kier molecular flexibility index (Phi) is 4.21. The van der Waals surface area contributed by atoms with Gasteiger partial charge in [0.15, 0.2) is 0 Å². The van der Waals surface area contributed by atoms with Crippen LogP contribution in [0.25, 0.3) is 0 Å². The molecule has 0 aliphatic heterocycles. The molecule has 0 atom stereocenters. The van der Waals surface area contributed by atoms with Gasteiger partial charge in [0, 0.05) is 17.4 Å². The molecule has 1 aromatic rings. The molecule has 4 nitrogen and oxygen atoms in total. The van der Waals surface area contributed by atoms with Gasteiger partial charge in [-0.05, 0) is 36.0 Å². The van der Waals surface area contributed by atoms with Gasteiger partial charge in [-0.15, -0.1) is 0 Å². The Balaban J connectivity index is 2.65. The molecule has 0 aliphatic carbocycles. The molecule has 0 saturated heterocycles. The number of nitrogens with zero attached hydrogens (tertiary/aromatic N) is 2. The van der Waals surface area contributed by atoms with Gasteiger partial charge in [0.1, 0.15) is 10.4 Å². The van der Waals surface area contributed by atoms with Crippen LogP contribution in [0, 0.1) is 0 Å². The zero-order chi connectivity index (χ0) is 11.5. The van der Waals surface area contributed by atoms with E-state index in [0.717, 1.165) is 6.54 Å². The van der Waals surface area contributed by atoms with Crippen molar-refractivity contribution >= 4 is 39.5 Å². The third kappa shape index (κ3) is 4.25. The molecule has 0 aromatic carbocycles.